The number of nitrogens with one attached hydrogen (secondary N) is 1. The van der Waals surface area contributed by atoms with Crippen molar-refractivity contribution in [2.45, 2.75) is 52.1 Å². The molecule has 1 aliphatic heterocycles. The SMILES string of the molecule is Cc1cccc(N2CCN(C(=O)CCCCCn3c(=O)[nH]c4ccsc4c3=O)C[C@@H]2C)c1. The van der Waals surface area contributed by atoms with Crippen molar-refractivity contribution in [2.24, 2.45) is 0 Å². The molecule has 32 heavy (non-hydrogen) atoms. The molecule has 3 aromatic rings. The molecule has 8 heteroatoms. The van der Waals surface area contributed by atoms with Gasteiger partial charge in [0.05, 0.1) is 5.52 Å². The Labute approximate surface area is 191 Å². The van der Waals surface area contributed by atoms with Crippen LogP contribution < -0.4 is 16.1 Å². The Bertz CT molecular complexity index is 1210. The first-order chi connectivity index (χ1) is 15.4. The lowest BCUT2D eigenvalue weighted by Crippen LogP contribution is -2.53. The molecular formula is C24H30N4O3S. The highest BCUT2D eigenvalue weighted by Crippen LogP contribution is 2.22. The van der Waals surface area contributed by atoms with Crippen LogP contribution in [0.15, 0.2) is 45.3 Å². The number of nitrogens with zero attached hydrogens (tertiary/aromatic N) is 3. The average Bonchev–Trinajstić information content (AvgIpc) is 3.24. The third-order valence-electron chi connectivity index (χ3n) is 6.18. The number of unbranched alkanes of at least 4 members (excludes halogenated alkanes) is 2. The number of H-pyrrole nitrogens is 1. The Morgan fingerprint density at radius 3 is 2.78 bits per heavy atom. The first kappa shape index (κ1) is 22.3. The summed E-state index contributed by atoms with van der Waals surface area (Å²) in [6.07, 6.45) is 2.77. The molecule has 0 unspecified atom stereocenters. The monoisotopic (exact) mass is 454 g/mol. The molecule has 1 aromatic carbocycles. The van der Waals surface area contributed by atoms with Crippen molar-refractivity contribution in [3.63, 3.8) is 0 Å². The van der Waals surface area contributed by atoms with Gasteiger partial charge < -0.3 is 14.8 Å². The molecule has 0 aliphatic carbocycles. The molecule has 0 saturated carbocycles. The van der Waals surface area contributed by atoms with Crippen molar-refractivity contribution < 1.29 is 4.79 Å². The predicted octanol–water partition coefficient (Wildman–Crippen LogP) is 3.36. The summed E-state index contributed by atoms with van der Waals surface area (Å²) in [5.74, 6) is 0.191. The average molecular weight is 455 g/mol. The second-order valence-electron chi connectivity index (χ2n) is 8.58. The molecule has 2 aromatic heterocycles. The van der Waals surface area contributed by atoms with Crippen LogP contribution in [0.2, 0.25) is 0 Å². The largest absolute Gasteiger partial charge is 0.365 e. The van der Waals surface area contributed by atoms with Crippen molar-refractivity contribution in [3.05, 3.63) is 62.1 Å². The molecule has 3 heterocycles. The van der Waals surface area contributed by atoms with E-state index in [1.54, 1.807) is 11.4 Å². The minimum atomic E-state index is -0.363. The van der Waals surface area contributed by atoms with Gasteiger partial charge in [-0.15, -0.1) is 11.3 Å². The molecule has 4 rings (SSSR count). The topological polar surface area (TPSA) is 78.4 Å². The molecule has 1 N–H and O–H groups in total. The fourth-order valence-electron chi connectivity index (χ4n) is 4.43. The predicted molar refractivity (Wildman–Crippen MR) is 130 cm³/mol. The molecule has 0 bridgehead atoms. The van der Waals surface area contributed by atoms with Crippen LogP contribution in [0.1, 0.15) is 38.2 Å². The van der Waals surface area contributed by atoms with Crippen LogP contribution in [-0.4, -0.2) is 46.0 Å². The van der Waals surface area contributed by atoms with Crippen LogP contribution in [0.25, 0.3) is 10.2 Å². The summed E-state index contributed by atoms with van der Waals surface area (Å²) in [7, 11) is 0. The Morgan fingerprint density at radius 2 is 2.00 bits per heavy atom. The van der Waals surface area contributed by atoms with Gasteiger partial charge in [-0.1, -0.05) is 18.6 Å². The van der Waals surface area contributed by atoms with Crippen molar-refractivity contribution in [3.8, 4) is 0 Å². The smallest absolute Gasteiger partial charge is 0.328 e. The van der Waals surface area contributed by atoms with Crippen molar-refractivity contribution in [1.29, 1.82) is 0 Å². The number of anilines is 1. The number of amides is 1. The lowest BCUT2D eigenvalue weighted by molar-refractivity contribution is -0.132. The van der Waals surface area contributed by atoms with Crippen molar-refractivity contribution >= 4 is 33.1 Å². The second kappa shape index (κ2) is 9.73. The van der Waals surface area contributed by atoms with Gasteiger partial charge in [-0.25, -0.2) is 4.79 Å². The zero-order valence-electron chi connectivity index (χ0n) is 18.7. The summed E-state index contributed by atoms with van der Waals surface area (Å²) in [4.78, 5) is 44.4. The first-order valence-corrected chi connectivity index (χ1v) is 12.1. The maximum absolute atomic E-state index is 12.7. The van der Waals surface area contributed by atoms with Gasteiger partial charge in [-0.05, 0) is 55.8 Å². The van der Waals surface area contributed by atoms with E-state index in [0.29, 0.717) is 29.6 Å². The summed E-state index contributed by atoms with van der Waals surface area (Å²) in [6, 6.07) is 10.5. The summed E-state index contributed by atoms with van der Waals surface area (Å²) < 4.78 is 1.85. The second-order valence-corrected chi connectivity index (χ2v) is 9.50. The normalized spacial score (nSPS) is 16.6. The molecule has 1 atom stereocenters. The van der Waals surface area contributed by atoms with Crippen LogP contribution in [0, 0.1) is 6.92 Å². The van der Waals surface area contributed by atoms with Crippen molar-refractivity contribution in [1.82, 2.24) is 14.5 Å². The van der Waals surface area contributed by atoms with Crippen LogP contribution in [0.3, 0.4) is 0 Å². The zero-order chi connectivity index (χ0) is 22.7. The lowest BCUT2D eigenvalue weighted by Gasteiger charge is -2.41. The van der Waals surface area contributed by atoms with Crippen LogP contribution in [-0.2, 0) is 11.3 Å². The standard InChI is InChI=1S/C24H30N4O3S/c1-17-7-6-8-19(15-17)27-13-12-26(16-18(27)2)21(29)9-4-3-5-11-28-23(30)22-20(10-14-32-22)25-24(28)31/h6-8,10,14-15,18H,3-5,9,11-13,16H2,1-2H3,(H,25,31)/t18-/m0/s1. The lowest BCUT2D eigenvalue weighted by atomic mass is 10.1. The van der Waals surface area contributed by atoms with E-state index < -0.39 is 0 Å². The number of benzene rings is 1. The summed E-state index contributed by atoms with van der Waals surface area (Å²) >= 11 is 1.34. The molecule has 1 saturated heterocycles. The fraction of sp³-hybridized carbons (Fsp3) is 0.458. The van der Waals surface area contributed by atoms with E-state index in [-0.39, 0.29) is 23.2 Å². The molecule has 0 spiro atoms. The Kier molecular flexibility index (Phi) is 6.79. The van der Waals surface area contributed by atoms with Gasteiger partial charge in [-0.2, -0.15) is 0 Å². The van der Waals surface area contributed by atoms with Gasteiger partial charge in [0.1, 0.15) is 4.70 Å². The quantitative estimate of drug-likeness (QED) is 0.556. The fourth-order valence-corrected chi connectivity index (χ4v) is 5.23. The minimum absolute atomic E-state index is 0.191. The van der Waals surface area contributed by atoms with E-state index in [4.69, 9.17) is 0 Å². The van der Waals surface area contributed by atoms with E-state index >= 15 is 0 Å². The van der Waals surface area contributed by atoms with Gasteiger partial charge in [-0.3, -0.25) is 14.2 Å². The third-order valence-corrected chi connectivity index (χ3v) is 7.08. The van der Waals surface area contributed by atoms with Crippen LogP contribution >= 0.6 is 11.3 Å². The summed E-state index contributed by atoms with van der Waals surface area (Å²) in [5, 5.41) is 1.81. The third kappa shape index (κ3) is 4.80. The zero-order valence-corrected chi connectivity index (χ0v) is 19.5. The Hall–Kier alpha value is -2.87. The highest BCUT2D eigenvalue weighted by Gasteiger charge is 2.26. The Morgan fingerprint density at radius 1 is 1.16 bits per heavy atom. The highest BCUT2D eigenvalue weighted by atomic mass is 32.1. The number of carbonyl (C=O) groups is 1. The van der Waals surface area contributed by atoms with Gasteiger partial charge >= 0.3 is 5.69 Å². The minimum Gasteiger partial charge on any atom is -0.365 e. The molecule has 1 fully saturated rings. The number of rotatable bonds is 7. The molecule has 7 nitrogen and oxygen atoms in total. The number of hydrogen-bond acceptors (Lipinski definition) is 5. The van der Waals surface area contributed by atoms with Gasteiger partial charge in [0.2, 0.25) is 5.91 Å². The Balaban J connectivity index is 1.23. The number of piperazine rings is 1. The maximum Gasteiger partial charge on any atom is 0.328 e. The van der Waals surface area contributed by atoms with Gasteiger partial charge in [0.25, 0.3) is 5.56 Å². The van der Waals surface area contributed by atoms with Crippen LogP contribution in [0.5, 0.6) is 0 Å². The number of aromatic nitrogens is 2. The molecule has 0 radical (unpaired) electrons. The highest BCUT2D eigenvalue weighted by molar-refractivity contribution is 7.17. The molecule has 1 amide bonds. The molecule has 170 valence electrons. The number of aromatic amines is 1. The number of carbonyl (C=O) groups excluding carboxylic acids is 1. The van der Waals surface area contributed by atoms with E-state index in [9.17, 15) is 14.4 Å². The summed E-state index contributed by atoms with van der Waals surface area (Å²) in [6.45, 7) is 6.96. The van der Waals surface area contributed by atoms with Crippen LogP contribution in [0.4, 0.5) is 5.69 Å². The van der Waals surface area contributed by atoms with E-state index in [2.05, 4.69) is 48.0 Å². The first-order valence-electron chi connectivity index (χ1n) is 11.3. The number of aryl methyl sites for hydroxylation is 1. The van der Waals surface area contributed by atoms with E-state index in [1.165, 1.54) is 27.2 Å². The number of thiophene rings is 1. The molecule has 1 aliphatic rings. The maximum atomic E-state index is 12.7. The van der Waals surface area contributed by atoms with E-state index in [0.717, 1.165) is 32.5 Å². The van der Waals surface area contributed by atoms with E-state index in [1.807, 2.05) is 4.90 Å². The molecular weight excluding hydrogens is 424 g/mol. The number of hydrogen-bond donors (Lipinski definition) is 1. The summed E-state index contributed by atoms with van der Waals surface area (Å²) in [5.41, 5.74) is 2.47. The van der Waals surface area contributed by atoms with Gasteiger partial charge in [0, 0.05) is 44.3 Å². The van der Waals surface area contributed by atoms with Gasteiger partial charge in [0.15, 0.2) is 0 Å². The number of fused-ring (bicyclic) bond motifs is 1. The van der Waals surface area contributed by atoms with Crippen molar-refractivity contribution in [2.75, 3.05) is 24.5 Å².